The highest BCUT2D eigenvalue weighted by molar-refractivity contribution is 5.31. The molecule has 1 aromatic rings. The fraction of sp³-hybridized carbons (Fsp3) is 0.625. The number of nitrogens with one attached hydrogen (secondary N) is 1. The summed E-state index contributed by atoms with van der Waals surface area (Å²) in [7, 11) is 1.50. The average molecular weight is 278 g/mol. The molecule has 0 bridgehead atoms. The molecule has 1 N–H and O–H groups in total. The summed E-state index contributed by atoms with van der Waals surface area (Å²) in [5.74, 6) is 0.804. The largest absolute Gasteiger partial charge is 0.494 e. The van der Waals surface area contributed by atoms with Gasteiger partial charge in [-0.15, -0.1) is 0 Å². The van der Waals surface area contributed by atoms with Crippen LogP contribution in [0.2, 0.25) is 0 Å². The number of likely N-dealkylation sites (tertiary alicyclic amines) is 1. The van der Waals surface area contributed by atoms with Crippen molar-refractivity contribution in [1.29, 1.82) is 0 Å². The molecule has 110 valence electrons. The van der Waals surface area contributed by atoms with E-state index in [0.717, 1.165) is 31.1 Å². The molecule has 0 saturated carbocycles. The van der Waals surface area contributed by atoms with Crippen LogP contribution in [0.5, 0.6) is 5.75 Å². The lowest BCUT2D eigenvalue weighted by Gasteiger charge is -2.25. The Morgan fingerprint density at radius 3 is 2.95 bits per heavy atom. The van der Waals surface area contributed by atoms with Gasteiger partial charge in [0.15, 0.2) is 11.6 Å². The maximum atomic E-state index is 13.8. The number of halogens is 1. The zero-order chi connectivity index (χ0) is 14.1. The minimum Gasteiger partial charge on any atom is -0.494 e. The standard InChI is InChI=1S/C16H23FN2O/c1-11(12-5-6-16(20-2)14(17)8-12)19-9-13-4-3-7-18-15(13)10-19/h5-6,8,11,13,15,18H,3-4,7,9-10H2,1-2H3/t11?,13-,15+/m0/s1. The third-order valence-electron chi connectivity index (χ3n) is 4.83. The van der Waals surface area contributed by atoms with Crippen molar-refractivity contribution < 1.29 is 9.13 Å². The predicted molar refractivity (Wildman–Crippen MR) is 77.5 cm³/mol. The highest BCUT2D eigenvalue weighted by atomic mass is 19.1. The smallest absolute Gasteiger partial charge is 0.165 e. The Morgan fingerprint density at radius 2 is 2.25 bits per heavy atom. The van der Waals surface area contributed by atoms with Crippen LogP contribution in [0.4, 0.5) is 4.39 Å². The van der Waals surface area contributed by atoms with Crippen molar-refractivity contribution in [2.75, 3.05) is 26.7 Å². The second-order valence-corrected chi connectivity index (χ2v) is 5.99. The number of hydrogen-bond acceptors (Lipinski definition) is 3. The van der Waals surface area contributed by atoms with E-state index in [9.17, 15) is 4.39 Å². The fourth-order valence-corrected chi connectivity index (χ4v) is 3.55. The van der Waals surface area contributed by atoms with Crippen LogP contribution >= 0.6 is 0 Å². The van der Waals surface area contributed by atoms with E-state index in [0.29, 0.717) is 11.8 Å². The van der Waals surface area contributed by atoms with E-state index >= 15 is 0 Å². The van der Waals surface area contributed by atoms with Crippen molar-refractivity contribution in [3.63, 3.8) is 0 Å². The minimum absolute atomic E-state index is 0.253. The fourth-order valence-electron chi connectivity index (χ4n) is 3.55. The molecule has 0 aromatic heterocycles. The lowest BCUT2D eigenvalue weighted by atomic mass is 9.94. The summed E-state index contributed by atoms with van der Waals surface area (Å²) in [4.78, 5) is 2.47. The highest BCUT2D eigenvalue weighted by Crippen LogP contribution is 2.32. The molecule has 3 rings (SSSR count). The van der Waals surface area contributed by atoms with Crippen LogP contribution in [0.15, 0.2) is 18.2 Å². The molecule has 2 saturated heterocycles. The van der Waals surface area contributed by atoms with Gasteiger partial charge in [0.05, 0.1) is 7.11 Å². The van der Waals surface area contributed by atoms with E-state index in [2.05, 4.69) is 17.1 Å². The monoisotopic (exact) mass is 278 g/mol. The van der Waals surface area contributed by atoms with Gasteiger partial charge in [-0.3, -0.25) is 4.90 Å². The molecule has 2 heterocycles. The second kappa shape index (κ2) is 5.70. The number of piperidine rings is 1. The molecule has 0 radical (unpaired) electrons. The lowest BCUT2D eigenvalue weighted by Crippen LogP contribution is -2.40. The van der Waals surface area contributed by atoms with E-state index in [-0.39, 0.29) is 11.9 Å². The zero-order valence-electron chi connectivity index (χ0n) is 12.2. The Kier molecular flexibility index (Phi) is 3.94. The van der Waals surface area contributed by atoms with Crippen LogP contribution in [0.3, 0.4) is 0 Å². The Balaban J connectivity index is 1.72. The first-order valence-electron chi connectivity index (χ1n) is 7.50. The maximum absolute atomic E-state index is 13.8. The molecule has 2 aliphatic heterocycles. The van der Waals surface area contributed by atoms with Gasteiger partial charge in [-0.25, -0.2) is 4.39 Å². The molecule has 20 heavy (non-hydrogen) atoms. The molecule has 3 nitrogen and oxygen atoms in total. The minimum atomic E-state index is -0.272. The number of rotatable bonds is 3. The van der Waals surface area contributed by atoms with Gasteiger partial charge < -0.3 is 10.1 Å². The molecule has 1 aromatic carbocycles. The molecule has 2 fully saturated rings. The van der Waals surface area contributed by atoms with Gasteiger partial charge >= 0.3 is 0 Å². The van der Waals surface area contributed by atoms with Crippen molar-refractivity contribution in [2.24, 2.45) is 5.92 Å². The van der Waals surface area contributed by atoms with Gasteiger partial charge in [-0.2, -0.15) is 0 Å². The molecule has 0 aliphatic carbocycles. The van der Waals surface area contributed by atoms with E-state index in [1.54, 1.807) is 12.1 Å². The summed E-state index contributed by atoms with van der Waals surface area (Å²) in [6.07, 6.45) is 2.60. The van der Waals surface area contributed by atoms with E-state index in [4.69, 9.17) is 4.74 Å². The number of nitrogens with zero attached hydrogens (tertiary/aromatic N) is 1. The van der Waals surface area contributed by atoms with Gasteiger partial charge in [-0.1, -0.05) is 6.07 Å². The summed E-state index contributed by atoms with van der Waals surface area (Å²) in [5, 5.41) is 3.61. The summed E-state index contributed by atoms with van der Waals surface area (Å²) < 4.78 is 18.8. The van der Waals surface area contributed by atoms with Gasteiger partial charge in [0, 0.05) is 25.2 Å². The second-order valence-electron chi connectivity index (χ2n) is 5.99. The van der Waals surface area contributed by atoms with Crippen LogP contribution in [0.25, 0.3) is 0 Å². The van der Waals surface area contributed by atoms with Crippen molar-refractivity contribution in [1.82, 2.24) is 10.2 Å². The van der Waals surface area contributed by atoms with Gasteiger partial charge in [-0.05, 0) is 49.9 Å². The molecular weight excluding hydrogens is 255 g/mol. The van der Waals surface area contributed by atoms with Crippen LogP contribution < -0.4 is 10.1 Å². The van der Waals surface area contributed by atoms with Crippen molar-refractivity contribution in [3.05, 3.63) is 29.6 Å². The van der Waals surface area contributed by atoms with Gasteiger partial charge in [0.1, 0.15) is 0 Å². The van der Waals surface area contributed by atoms with Crippen LogP contribution in [0.1, 0.15) is 31.4 Å². The normalized spacial score (nSPS) is 28.1. The van der Waals surface area contributed by atoms with Crippen LogP contribution in [-0.2, 0) is 0 Å². The van der Waals surface area contributed by atoms with Gasteiger partial charge in [0.2, 0.25) is 0 Å². The summed E-state index contributed by atoms with van der Waals surface area (Å²) in [5.41, 5.74) is 1.03. The summed E-state index contributed by atoms with van der Waals surface area (Å²) in [6, 6.07) is 6.18. The third-order valence-corrected chi connectivity index (χ3v) is 4.83. The van der Waals surface area contributed by atoms with Gasteiger partial charge in [0.25, 0.3) is 0 Å². The number of ether oxygens (including phenoxy) is 1. The first-order valence-corrected chi connectivity index (χ1v) is 7.50. The summed E-state index contributed by atoms with van der Waals surface area (Å²) in [6.45, 7) is 5.49. The number of methoxy groups -OCH3 is 1. The Morgan fingerprint density at radius 1 is 1.40 bits per heavy atom. The van der Waals surface area contributed by atoms with Crippen LogP contribution in [-0.4, -0.2) is 37.7 Å². The lowest BCUT2D eigenvalue weighted by molar-refractivity contribution is 0.250. The zero-order valence-corrected chi connectivity index (χ0v) is 12.2. The SMILES string of the molecule is COc1ccc(C(C)N2C[C@@H]3CCCN[C@@H]3C2)cc1F. The van der Waals surface area contributed by atoms with E-state index in [1.165, 1.54) is 20.0 Å². The Bertz CT molecular complexity index is 466. The van der Waals surface area contributed by atoms with Crippen molar-refractivity contribution in [2.45, 2.75) is 31.8 Å². The van der Waals surface area contributed by atoms with E-state index in [1.807, 2.05) is 6.07 Å². The number of hydrogen-bond donors (Lipinski definition) is 1. The maximum Gasteiger partial charge on any atom is 0.165 e. The molecule has 4 heteroatoms. The molecule has 2 aliphatic rings. The summed E-state index contributed by atoms with van der Waals surface area (Å²) >= 11 is 0. The third kappa shape index (κ3) is 2.54. The molecule has 0 amide bonds. The Labute approximate surface area is 120 Å². The quantitative estimate of drug-likeness (QED) is 0.919. The Hall–Kier alpha value is -1.13. The predicted octanol–water partition coefficient (Wildman–Crippen LogP) is 2.58. The average Bonchev–Trinajstić information content (AvgIpc) is 2.90. The highest BCUT2D eigenvalue weighted by Gasteiger charge is 2.36. The number of benzene rings is 1. The first-order chi connectivity index (χ1) is 9.69. The molecule has 0 spiro atoms. The topological polar surface area (TPSA) is 24.5 Å². The van der Waals surface area contributed by atoms with Crippen molar-refractivity contribution >= 4 is 0 Å². The van der Waals surface area contributed by atoms with E-state index < -0.39 is 0 Å². The molecular formula is C16H23FN2O. The number of fused-ring (bicyclic) bond motifs is 1. The van der Waals surface area contributed by atoms with Crippen LogP contribution in [0, 0.1) is 11.7 Å². The van der Waals surface area contributed by atoms with Crippen molar-refractivity contribution in [3.8, 4) is 5.75 Å². The molecule has 3 atom stereocenters. The first kappa shape index (κ1) is 13.8. The molecule has 1 unspecified atom stereocenters.